The Balaban J connectivity index is 1.29. The van der Waals surface area contributed by atoms with E-state index < -0.39 is 0 Å². The van der Waals surface area contributed by atoms with Crippen molar-refractivity contribution >= 4 is 38.8 Å². The maximum atomic E-state index is 13.0. The van der Waals surface area contributed by atoms with Crippen LogP contribution in [0.5, 0.6) is 0 Å². The first-order valence-corrected chi connectivity index (χ1v) is 11.9. The summed E-state index contributed by atoms with van der Waals surface area (Å²) in [5, 5.41) is 7.37. The van der Waals surface area contributed by atoms with Gasteiger partial charge in [-0.15, -0.1) is 0 Å². The molecular formula is C23H31BrN4O2. The third-order valence-corrected chi connectivity index (χ3v) is 7.57. The van der Waals surface area contributed by atoms with Crippen LogP contribution in [-0.4, -0.2) is 46.6 Å². The molecule has 0 unspecified atom stereocenters. The van der Waals surface area contributed by atoms with Gasteiger partial charge < -0.3 is 20.1 Å². The number of likely N-dealkylation sites (tertiary alicyclic amines) is 1. The zero-order chi connectivity index (χ0) is 21.1. The summed E-state index contributed by atoms with van der Waals surface area (Å²) in [6.45, 7) is 3.76. The van der Waals surface area contributed by atoms with Crippen LogP contribution in [0, 0.1) is 6.92 Å². The molecule has 0 atom stereocenters. The number of hydrogen-bond donors (Lipinski definition) is 2. The van der Waals surface area contributed by atoms with E-state index in [1.165, 1.54) is 19.3 Å². The molecule has 0 radical (unpaired) electrons. The Bertz CT molecular complexity index is 911. The Hall–Kier alpha value is -2.02. The molecule has 2 fully saturated rings. The summed E-state index contributed by atoms with van der Waals surface area (Å²) in [6, 6.07) is 8.56. The fourth-order valence-corrected chi connectivity index (χ4v) is 5.31. The van der Waals surface area contributed by atoms with Crippen molar-refractivity contribution in [1.82, 2.24) is 20.1 Å². The van der Waals surface area contributed by atoms with Crippen molar-refractivity contribution in [3.05, 3.63) is 34.4 Å². The molecular weight excluding hydrogens is 444 g/mol. The van der Waals surface area contributed by atoms with Gasteiger partial charge in [0.2, 0.25) is 5.91 Å². The largest absolute Gasteiger partial charge is 0.341 e. The second kappa shape index (κ2) is 9.41. The number of carbonyl (C=O) groups is 2. The molecule has 1 aromatic heterocycles. The van der Waals surface area contributed by atoms with Crippen molar-refractivity contribution in [2.75, 3.05) is 13.1 Å². The molecule has 2 aliphatic rings. The van der Waals surface area contributed by atoms with Crippen LogP contribution in [0.4, 0.5) is 4.79 Å². The lowest BCUT2D eigenvalue weighted by molar-refractivity contribution is -0.132. The van der Waals surface area contributed by atoms with Gasteiger partial charge in [0.15, 0.2) is 0 Å². The predicted octanol–water partition coefficient (Wildman–Crippen LogP) is 4.34. The van der Waals surface area contributed by atoms with Crippen molar-refractivity contribution < 1.29 is 9.59 Å². The van der Waals surface area contributed by atoms with E-state index in [0.29, 0.717) is 25.7 Å². The number of hydrogen-bond acceptors (Lipinski definition) is 2. The van der Waals surface area contributed by atoms with Crippen molar-refractivity contribution in [3.8, 4) is 0 Å². The Morgan fingerprint density at radius 3 is 2.33 bits per heavy atom. The van der Waals surface area contributed by atoms with Crippen LogP contribution in [-0.2, 0) is 11.3 Å². The third-order valence-electron chi connectivity index (χ3n) is 6.57. The van der Waals surface area contributed by atoms with E-state index in [4.69, 9.17) is 0 Å². The van der Waals surface area contributed by atoms with Crippen molar-refractivity contribution in [3.63, 3.8) is 0 Å². The second-order valence-electron chi connectivity index (χ2n) is 8.61. The number of nitrogens with one attached hydrogen (secondary N) is 2. The van der Waals surface area contributed by atoms with E-state index in [9.17, 15) is 9.59 Å². The normalized spacial score (nSPS) is 18.5. The number of carbonyl (C=O) groups excluding carboxylic acids is 2. The SMILES string of the molecule is Cc1c(Br)c2ccccc2n1CC(=O)N1CCC(NC(=O)NC2CCCCC2)CC1. The first-order valence-electron chi connectivity index (χ1n) is 11.1. The second-order valence-corrected chi connectivity index (χ2v) is 9.40. The van der Waals surface area contributed by atoms with Crippen LogP contribution < -0.4 is 10.6 Å². The molecule has 2 N–H and O–H groups in total. The molecule has 0 spiro atoms. The lowest BCUT2D eigenvalue weighted by Gasteiger charge is -2.33. The van der Waals surface area contributed by atoms with Gasteiger partial charge in [0, 0.05) is 46.2 Å². The van der Waals surface area contributed by atoms with Gasteiger partial charge >= 0.3 is 6.03 Å². The number of halogens is 1. The highest BCUT2D eigenvalue weighted by molar-refractivity contribution is 9.10. The molecule has 7 heteroatoms. The number of fused-ring (bicyclic) bond motifs is 1. The Kier molecular flexibility index (Phi) is 6.66. The van der Waals surface area contributed by atoms with Crippen LogP contribution in [0.25, 0.3) is 10.9 Å². The predicted molar refractivity (Wildman–Crippen MR) is 123 cm³/mol. The minimum absolute atomic E-state index is 0.0500. The molecule has 1 aromatic carbocycles. The average Bonchev–Trinajstić information content (AvgIpc) is 3.00. The highest BCUT2D eigenvalue weighted by atomic mass is 79.9. The highest BCUT2D eigenvalue weighted by Crippen LogP contribution is 2.30. The zero-order valence-corrected chi connectivity index (χ0v) is 19.2. The van der Waals surface area contributed by atoms with Crippen LogP contribution in [0.1, 0.15) is 50.6 Å². The third kappa shape index (κ3) is 4.66. The van der Waals surface area contributed by atoms with Gasteiger partial charge in [-0.3, -0.25) is 4.79 Å². The molecule has 1 aliphatic heterocycles. The van der Waals surface area contributed by atoms with Gasteiger partial charge in [-0.1, -0.05) is 37.5 Å². The van der Waals surface area contributed by atoms with Gasteiger partial charge in [0.05, 0.1) is 0 Å². The van der Waals surface area contributed by atoms with Crippen molar-refractivity contribution in [1.29, 1.82) is 0 Å². The fourth-order valence-electron chi connectivity index (χ4n) is 4.76. The monoisotopic (exact) mass is 474 g/mol. The first kappa shape index (κ1) is 21.2. The van der Waals surface area contributed by atoms with Crippen LogP contribution in [0.2, 0.25) is 0 Å². The summed E-state index contributed by atoms with van der Waals surface area (Å²) >= 11 is 3.66. The molecule has 162 valence electrons. The molecule has 1 saturated carbocycles. The van der Waals surface area contributed by atoms with Gasteiger partial charge in [0.25, 0.3) is 0 Å². The molecule has 4 rings (SSSR count). The number of rotatable bonds is 4. The molecule has 30 heavy (non-hydrogen) atoms. The van der Waals surface area contributed by atoms with Crippen LogP contribution in [0.15, 0.2) is 28.7 Å². The molecule has 1 aliphatic carbocycles. The number of aromatic nitrogens is 1. The minimum Gasteiger partial charge on any atom is -0.341 e. The standard InChI is InChI=1S/C23H31BrN4O2/c1-16-22(24)19-9-5-6-10-20(19)28(16)15-21(29)27-13-11-18(12-14-27)26-23(30)25-17-7-3-2-4-8-17/h5-6,9-10,17-18H,2-4,7-8,11-15H2,1H3,(H2,25,26,30). The molecule has 0 bridgehead atoms. The number of urea groups is 1. The first-order chi connectivity index (χ1) is 14.5. The maximum Gasteiger partial charge on any atom is 0.315 e. The van der Waals surface area contributed by atoms with Gasteiger partial charge in [0.1, 0.15) is 6.54 Å². The Morgan fingerprint density at radius 2 is 1.63 bits per heavy atom. The van der Waals surface area contributed by atoms with Crippen LogP contribution in [0.3, 0.4) is 0 Å². The van der Waals surface area contributed by atoms with Crippen molar-refractivity contribution in [2.24, 2.45) is 0 Å². The average molecular weight is 475 g/mol. The summed E-state index contributed by atoms with van der Waals surface area (Å²) in [5.41, 5.74) is 2.15. The molecule has 6 nitrogen and oxygen atoms in total. The smallest absolute Gasteiger partial charge is 0.315 e. The van der Waals surface area contributed by atoms with Gasteiger partial charge in [-0.2, -0.15) is 0 Å². The molecule has 1 saturated heterocycles. The van der Waals surface area contributed by atoms with E-state index in [1.807, 2.05) is 24.0 Å². The van der Waals surface area contributed by atoms with E-state index in [0.717, 1.165) is 46.8 Å². The van der Waals surface area contributed by atoms with Crippen LogP contribution >= 0.6 is 15.9 Å². The number of piperidine rings is 1. The van der Waals surface area contributed by atoms with E-state index in [-0.39, 0.29) is 18.0 Å². The van der Waals surface area contributed by atoms with E-state index >= 15 is 0 Å². The summed E-state index contributed by atoms with van der Waals surface area (Å²) in [6.07, 6.45) is 7.48. The highest BCUT2D eigenvalue weighted by Gasteiger charge is 2.25. The molecule has 2 heterocycles. The molecule has 2 aromatic rings. The van der Waals surface area contributed by atoms with Gasteiger partial charge in [-0.05, 0) is 54.6 Å². The zero-order valence-electron chi connectivity index (χ0n) is 17.6. The fraction of sp³-hybridized carbons (Fsp3) is 0.565. The lowest BCUT2D eigenvalue weighted by Crippen LogP contribution is -2.51. The van der Waals surface area contributed by atoms with Crippen molar-refractivity contribution in [2.45, 2.75) is 70.5 Å². The summed E-state index contributed by atoms with van der Waals surface area (Å²) in [7, 11) is 0. The summed E-state index contributed by atoms with van der Waals surface area (Å²) in [4.78, 5) is 27.2. The van der Waals surface area contributed by atoms with Gasteiger partial charge in [-0.25, -0.2) is 4.79 Å². The maximum absolute atomic E-state index is 13.0. The lowest BCUT2D eigenvalue weighted by atomic mass is 9.96. The number of amides is 3. The number of benzene rings is 1. The number of para-hydroxylation sites is 1. The Morgan fingerprint density at radius 1 is 1.00 bits per heavy atom. The van der Waals surface area contributed by atoms with E-state index in [2.05, 4.69) is 43.3 Å². The Labute approximate surface area is 186 Å². The van der Waals surface area contributed by atoms with E-state index in [1.54, 1.807) is 0 Å². The quantitative estimate of drug-likeness (QED) is 0.691. The number of nitrogens with zero attached hydrogens (tertiary/aromatic N) is 2. The summed E-state index contributed by atoms with van der Waals surface area (Å²) < 4.78 is 3.14. The molecule has 3 amide bonds. The minimum atomic E-state index is -0.0500. The summed E-state index contributed by atoms with van der Waals surface area (Å²) in [5.74, 6) is 0.136. The topological polar surface area (TPSA) is 66.4 Å².